The van der Waals surface area contributed by atoms with Gasteiger partial charge in [-0.25, -0.2) is 13.8 Å². The number of ketones is 1. The number of carbonyl (C=O) groups excluding carboxylic acids is 1. The minimum absolute atomic E-state index is 0.0709. The number of nitrogens with zero attached hydrogens (tertiary/aromatic N) is 3. The predicted molar refractivity (Wildman–Crippen MR) is 109 cm³/mol. The molecule has 1 unspecified atom stereocenters. The summed E-state index contributed by atoms with van der Waals surface area (Å²) < 4.78 is 68.6. The number of aromatic amines is 1. The van der Waals surface area contributed by atoms with Gasteiger partial charge in [0.1, 0.15) is 17.4 Å². The van der Waals surface area contributed by atoms with Crippen molar-refractivity contribution in [2.75, 3.05) is 0 Å². The lowest BCUT2D eigenvalue weighted by atomic mass is 9.57. The molecule has 0 aliphatic heterocycles. The largest absolute Gasteiger partial charge is 0.504 e. The Morgan fingerprint density at radius 1 is 1.09 bits per heavy atom. The van der Waals surface area contributed by atoms with E-state index in [1.54, 1.807) is 25.1 Å². The Balaban J connectivity index is 1.55. The second kappa shape index (κ2) is 7.50. The minimum atomic E-state index is -4.74. The highest BCUT2D eigenvalue weighted by Crippen LogP contribution is 2.53. The first-order valence-corrected chi connectivity index (χ1v) is 10.3. The van der Waals surface area contributed by atoms with Gasteiger partial charge in [0.15, 0.2) is 0 Å². The van der Waals surface area contributed by atoms with Gasteiger partial charge in [-0.05, 0) is 41.8 Å². The molecule has 0 spiro atoms. The van der Waals surface area contributed by atoms with E-state index in [0.717, 1.165) is 18.3 Å². The fourth-order valence-corrected chi connectivity index (χ4v) is 4.72. The lowest BCUT2D eigenvalue weighted by Gasteiger charge is -2.43. The Labute approximate surface area is 184 Å². The van der Waals surface area contributed by atoms with Crippen LogP contribution in [0.1, 0.15) is 36.3 Å². The van der Waals surface area contributed by atoms with Crippen molar-refractivity contribution in [1.82, 2.24) is 19.7 Å². The van der Waals surface area contributed by atoms with Crippen molar-refractivity contribution in [3.63, 3.8) is 0 Å². The van der Waals surface area contributed by atoms with E-state index < -0.39 is 35.7 Å². The van der Waals surface area contributed by atoms with Crippen LogP contribution in [0.2, 0.25) is 0 Å². The normalized spacial score (nSPS) is 20.9. The molecule has 33 heavy (non-hydrogen) atoms. The van der Waals surface area contributed by atoms with E-state index in [-0.39, 0.29) is 27.2 Å². The maximum atomic E-state index is 15.2. The topological polar surface area (TPSA) is 63.6 Å². The molecule has 2 aromatic heterocycles. The number of halogens is 5. The van der Waals surface area contributed by atoms with Crippen LogP contribution in [0.4, 0.5) is 22.0 Å². The average molecular weight is 460 g/mol. The molecule has 3 atom stereocenters. The van der Waals surface area contributed by atoms with Crippen LogP contribution in [-0.4, -0.2) is 25.5 Å². The molecule has 0 bridgehead atoms. The molecule has 10 heteroatoms. The molecule has 1 N–H and O–H groups in total. The second-order valence-electron chi connectivity index (χ2n) is 8.09. The molecule has 1 fully saturated rings. The molecule has 0 saturated heterocycles. The number of rotatable bonds is 4. The van der Waals surface area contributed by atoms with Crippen LogP contribution < -0.4 is 0 Å². The number of carbonyl (C=O) groups is 1. The van der Waals surface area contributed by atoms with Crippen LogP contribution in [-0.2, 0) is 11.1 Å². The predicted octanol–water partition coefficient (Wildman–Crippen LogP) is 5.66. The van der Waals surface area contributed by atoms with Crippen molar-refractivity contribution in [3.05, 3.63) is 71.8 Å². The fourth-order valence-electron chi connectivity index (χ4n) is 4.72. The Bertz CT molecular complexity index is 1350. The Morgan fingerprint density at radius 2 is 1.82 bits per heavy atom. The first-order valence-electron chi connectivity index (χ1n) is 10.3. The van der Waals surface area contributed by atoms with Crippen molar-refractivity contribution in [2.24, 2.45) is 5.92 Å². The summed E-state index contributed by atoms with van der Waals surface area (Å²) in [6.45, 7) is 1.78. The van der Waals surface area contributed by atoms with E-state index >= 15 is 8.78 Å². The van der Waals surface area contributed by atoms with Crippen LogP contribution >= 0.6 is 0 Å². The van der Waals surface area contributed by atoms with Gasteiger partial charge in [-0.2, -0.15) is 9.78 Å². The van der Waals surface area contributed by atoms with E-state index in [2.05, 4.69) is 15.1 Å². The Morgan fingerprint density at radius 3 is 2.45 bits per heavy atom. The zero-order valence-electron chi connectivity index (χ0n) is 17.2. The summed E-state index contributed by atoms with van der Waals surface area (Å²) >= 11 is 0. The quantitative estimate of drug-likeness (QED) is 0.400. The lowest BCUT2D eigenvalue weighted by molar-refractivity contribution is -0.212. The summed E-state index contributed by atoms with van der Waals surface area (Å²) in [5.41, 5.74) is 1.66. The fraction of sp³-hybridized carbons (Fsp3) is 0.261. The van der Waals surface area contributed by atoms with Crippen molar-refractivity contribution in [2.45, 2.75) is 31.5 Å². The number of hydrogen-bond donors (Lipinski definition) is 1. The van der Waals surface area contributed by atoms with Gasteiger partial charge in [0.2, 0.25) is 0 Å². The smallest absolute Gasteiger partial charge is 0.345 e. The number of aromatic nitrogens is 4. The number of H-pyrrole nitrogens is 1. The molecule has 0 amide bonds. The van der Waals surface area contributed by atoms with Gasteiger partial charge in [-0.15, -0.1) is 13.2 Å². The van der Waals surface area contributed by atoms with Gasteiger partial charge in [0, 0.05) is 29.2 Å². The summed E-state index contributed by atoms with van der Waals surface area (Å²) in [5.74, 6) is -3.94. The zero-order valence-corrected chi connectivity index (χ0v) is 17.2. The number of nitrogens with one attached hydrogen (secondary N) is 1. The standard InChI is InChI=1S/C23H17F5N4O/c1-2-14-20(19(22(14)33)11-3-4-17-18(7-11)30-10-29-17)21-15(24)5-12(6-16(21)25)13-8-31-32(9-13)23(26,27)28/h3-10,14,19-20H,2H2,1H3,(H,29,30)/t14-,19?,20+/m1/s1. The molecule has 170 valence electrons. The SMILES string of the molecule is CC[C@H]1C(=O)C(c2ccc3nc[nH]c3c2)[C@H]1c1c(F)cc(-c2cnn(C(F)(F)F)c2)cc1F. The monoisotopic (exact) mass is 460 g/mol. The van der Waals surface area contributed by atoms with Gasteiger partial charge in [-0.1, -0.05) is 13.0 Å². The number of alkyl halides is 3. The number of fused-ring (bicyclic) bond motifs is 1. The molecular weight excluding hydrogens is 443 g/mol. The van der Waals surface area contributed by atoms with Gasteiger partial charge in [0.25, 0.3) is 0 Å². The third-order valence-electron chi connectivity index (χ3n) is 6.30. The Kier molecular flexibility index (Phi) is 4.84. The highest BCUT2D eigenvalue weighted by molar-refractivity contribution is 5.97. The molecule has 5 rings (SSSR count). The second-order valence-corrected chi connectivity index (χ2v) is 8.09. The molecule has 1 aliphatic carbocycles. The lowest BCUT2D eigenvalue weighted by Crippen LogP contribution is -2.44. The van der Waals surface area contributed by atoms with Gasteiger partial charge in [-0.3, -0.25) is 4.79 Å². The number of Topliss-reactive ketones (excluding diaryl/α,β-unsaturated/α-hetero) is 1. The Hall–Kier alpha value is -3.56. The molecule has 1 aliphatic rings. The molecular formula is C23H17F5N4O. The summed E-state index contributed by atoms with van der Waals surface area (Å²) in [5, 5.41) is 3.21. The van der Waals surface area contributed by atoms with E-state index in [9.17, 15) is 18.0 Å². The third-order valence-corrected chi connectivity index (χ3v) is 6.30. The number of hydrogen-bond acceptors (Lipinski definition) is 3. The number of benzene rings is 2. The average Bonchev–Trinajstić information content (AvgIpc) is 3.42. The van der Waals surface area contributed by atoms with Crippen molar-refractivity contribution < 1.29 is 26.7 Å². The van der Waals surface area contributed by atoms with Crippen LogP contribution in [0.15, 0.2) is 49.1 Å². The molecule has 2 aromatic carbocycles. The first-order chi connectivity index (χ1) is 15.7. The summed E-state index contributed by atoms with van der Waals surface area (Å²) in [6, 6.07) is 7.18. The van der Waals surface area contributed by atoms with Crippen LogP contribution in [0.3, 0.4) is 0 Å². The van der Waals surface area contributed by atoms with E-state index in [1.165, 1.54) is 6.33 Å². The third kappa shape index (κ3) is 3.40. The molecule has 1 saturated carbocycles. The summed E-state index contributed by atoms with van der Waals surface area (Å²) in [6.07, 6.45) is -1.25. The zero-order chi connectivity index (χ0) is 23.5. The van der Waals surface area contributed by atoms with Crippen molar-refractivity contribution in [1.29, 1.82) is 0 Å². The molecule has 2 heterocycles. The van der Waals surface area contributed by atoms with Crippen LogP contribution in [0, 0.1) is 17.6 Å². The van der Waals surface area contributed by atoms with Gasteiger partial charge < -0.3 is 4.98 Å². The molecule has 5 nitrogen and oxygen atoms in total. The summed E-state index contributed by atoms with van der Waals surface area (Å²) in [4.78, 5) is 20.0. The van der Waals surface area contributed by atoms with E-state index in [4.69, 9.17) is 0 Å². The maximum absolute atomic E-state index is 15.2. The van der Waals surface area contributed by atoms with Crippen molar-refractivity contribution in [3.8, 4) is 11.1 Å². The summed E-state index contributed by atoms with van der Waals surface area (Å²) in [7, 11) is 0. The highest BCUT2D eigenvalue weighted by Gasteiger charge is 2.51. The van der Waals surface area contributed by atoms with Crippen molar-refractivity contribution >= 4 is 16.8 Å². The van der Waals surface area contributed by atoms with Crippen LogP contribution in [0.25, 0.3) is 22.2 Å². The van der Waals surface area contributed by atoms with E-state index in [0.29, 0.717) is 29.2 Å². The minimum Gasteiger partial charge on any atom is -0.345 e. The van der Waals surface area contributed by atoms with Crippen LogP contribution in [0.5, 0.6) is 0 Å². The molecule has 4 aromatic rings. The molecule has 0 radical (unpaired) electrons. The number of imidazole rings is 1. The van der Waals surface area contributed by atoms with Gasteiger partial charge in [0.05, 0.1) is 29.5 Å². The maximum Gasteiger partial charge on any atom is 0.504 e. The highest BCUT2D eigenvalue weighted by atomic mass is 19.4. The van der Waals surface area contributed by atoms with E-state index in [1.807, 2.05) is 0 Å². The van der Waals surface area contributed by atoms with Gasteiger partial charge >= 0.3 is 6.30 Å². The first kappa shape index (κ1) is 21.3.